The Kier molecular flexibility index (Phi) is 4.28. The number of carbonyl (C=O) groups is 1. The molecule has 60 valence electrons. The fourth-order valence-corrected chi connectivity index (χ4v) is 0.788. The van der Waals surface area contributed by atoms with Gasteiger partial charge >= 0.3 is 0 Å². The van der Waals surface area contributed by atoms with E-state index >= 15 is 0 Å². The molecule has 2 heteroatoms. The molecular weight excluding hydrogens is 128 g/mol. The van der Waals surface area contributed by atoms with Gasteiger partial charge in [-0.3, -0.25) is 0 Å². The third-order valence-electron chi connectivity index (χ3n) is 1.53. The predicted octanol–water partition coefficient (Wildman–Crippen LogP) is 1.23. The van der Waals surface area contributed by atoms with Crippen LogP contribution in [-0.4, -0.2) is 17.5 Å². The molecular formula is C8H16O2. The molecule has 0 bridgehead atoms. The van der Waals surface area contributed by atoms with Gasteiger partial charge in [0.05, 0.1) is 6.10 Å². The highest BCUT2D eigenvalue weighted by Gasteiger charge is 2.13. The Morgan fingerprint density at radius 1 is 1.40 bits per heavy atom. The van der Waals surface area contributed by atoms with Crippen molar-refractivity contribution in [2.24, 2.45) is 11.8 Å². The van der Waals surface area contributed by atoms with Crippen molar-refractivity contribution >= 4 is 6.29 Å². The van der Waals surface area contributed by atoms with Gasteiger partial charge < -0.3 is 9.90 Å². The molecule has 0 heterocycles. The first-order valence-electron chi connectivity index (χ1n) is 3.71. The third-order valence-corrected chi connectivity index (χ3v) is 1.53. The van der Waals surface area contributed by atoms with Crippen molar-refractivity contribution in [3.8, 4) is 0 Å². The number of hydrogen-bond donors (Lipinski definition) is 1. The van der Waals surface area contributed by atoms with Crippen LogP contribution >= 0.6 is 0 Å². The van der Waals surface area contributed by atoms with Crippen molar-refractivity contribution in [2.45, 2.75) is 33.3 Å². The highest BCUT2D eigenvalue weighted by Crippen LogP contribution is 2.10. The maximum atomic E-state index is 10.2. The summed E-state index contributed by atoms with van der Waals surface area (Å²) in [6.07, 6.45) is 1.05. The van der Waals surface area contributed by atoms with Gasteiger partial charge in [0, 0.05) is 5.92 Å². The molecule has 0 saturated heterocycles. The van der Waals surface area contributed by atoms with Crippen LogP contribution in [0, 0.1) is 11.8 Å². The Balaban J connectivity index is 3.60. The Morgan fingerprint density at radius 2 is 1.90 bits per heavy atom. The van der Waals surface area contributed by atoms with E-state index in [1.165, 1.54) is 0 Å². The highest BCUT2D eigenvalue weighted by atomic mass is 16.3. The number of carbonyl (C=O) groups excluding carboxylic acids is 1. The van der Waals surface area contributed by atoms with Crippen molar-refractivity contribution in [2.75, 3.05) is 0 Å². The first kappa shape index (κ1) is 9.63. The Bertz CT molecular complexity index is 99.4. The van der Waals surface area contributed by atoms with Crippen LogP contribution in [0.5, 0.6) is 0 Å². The number of aliphatic hydroxyl groups is 1. The van der Waals surface area contributed by atoms with Crippen molar-refractivity contribution in [3.05, 3.63) is 0 Å². The molecule has 2 nitrogen and oxygen atoms in total. The van der Waals surface area contributed by atoms with Crippen molar-refractivity contribution in [1.29, 1.82) is 0 Å². The number of aliphatic hydroxyl groups excluding tert-OH is 1. The molecule has 0 rings (SSSR count). The lowest BCUT2D eigenvalue weighted by molar-refractivity contribution is -0.113. The largest absolute Gasteiger partial charge is 0.392 e. The summed E-state index contributed by atoms with van der Waals surface area (Å²) in [5.74, 6) is 0.236. The molecule has 0 saturated carbocycles. The lowest BCUT2D eigenvalue weighted by Crippen LogP contribution is -2.20. The minimum absolute atomic E-state index is 0.220. The van der Waals surface area contributed by atoms with Gasteiger partial charge in [0.1, 0.15) is 6.29 Å². The zero-order valence-electron chi connectivity index (χ0n) is 6.87. The second-order valence-corrected chi connectivity index (χ2v) is 3.19. The summed E-state index contributed by atoms with van der Waals surface area (Å²) in [6.45, 7) is 5.79. The molecule has 1 N–H and O–H groups in total. The van der Waals surface area contributed by atoms with E-state index in [-0.39, 0.29) is 5.92 Å². The van der Waals surface area contributed by atoms with Gasteiger partial charge in [-0.15, -0.1) is 0 Å². The number of rotatable bonds is 4. The maximum absolute atomic E-state index is 10.2. The van der Waals surface area contributed by atoms with Crippen LogP contribution < -0.4 is 0 Å². The van der Waals surface area contributed by atoms with E-state index in [9.17, 15) is 9.90 Å². The van der Waals surface area contributed by atoms with Crippen molar-refractivity contribution < 1.29 is 9.90 Å². The summed E-state index contributed by atoms with van der Waals surface area (Å²) < 4.78 is 0. The maximum Gasteiger partial charge on any atom is 0.125 e. The molecule has 0 radical (unpaired) electrons. The average Bonchev–Trinajstić information content (AvgIpc) is 1.85. The second kappa shape index (κ2) is 4.45. The minimum atomic E-state index is -0.461. The van der Waals surface area contributed by atoms with Crippen LogP contribution in [0.1, 0.15) is 27.2 Å². The Labute approximate surface area is 62.2 Å². The number of hydrogen-bond acceptors (Lipinski definition) is 2. The summed E-state index contributed by atoms with van der Waals surface area (Å²) in [6, 6.07) is 0. The minimum Gasteiger partial charge on any atom is -0.392 e. The molecule has 10 heavy (non-hydrogen) atoms. The molecule has 0 fully saturated rings. The van der Waals surface area contributed by atoms with E-state index in [4.69, 9.17) is 0 Å². The van der Waals surface area contributed by atoms with E-state index in [2.05, 4.69) is 0 Å². The topological polar surface area (TPSA) is 37.3 Å². The van der Waals surface area contributed by atoms with Crippen LogP contribution in [0.3, 0.4) is 0 Å². The van der Waals surface area contributed by atoms with Crippen LogP contribution in [0.4, 0.5) is 0 Å². The van der Waals surface area contributed by atoms with Crippen LogP contribution in [0.15, 0.2) is 0 Å². The quantitative estimate of drug-likeness (QED) is 0.602. The fourth-order valence-electron chi connectivity index (χ4n) is 0.788. The zero-order valence-corrected chi connectivity index (χ0v) is 6.87. The molecule has 1 unspecified atom stereocenters. The van der Waals surface area contributed by atoms with E-state index in [0.29, 0.717) is 12.3 Å². The van der Waals surface area contributed by atoms with Crippen LogP contribution in [-0.2, 0) is 4.79 Å². The molecule has 0 aromatic rings. The number of aldehydes is 1. The van der Waals surface area contributed by atoms with Crippen LogP contribution in [0.2, 0.25) is 0 Å². The molecule has 0 aliphatic heterocycles. The molecule has 0 aromatic carbocycles. The van der Waals surface area contributed by atoms with E-state index in [0.717, 1.165) is 6.29 Å². The van der Waals surface area contributed by atoms with E-state index in [1.54, 1.807) is 6.92 Å². The van der Waals surface area contributed by atoms with Gasteiger partial charge in [-0.2, -0.15) is 0 Å². The standard InChI is InChI=1S/C8H16O2/c1-6(2)4-8(10)7(3)5-9/h5-8,10H,4H2,1-3H3/t7-,8?/m1/s1. The smallest absolute Gasteiger partial charge is 0.125 e. The van der Waals surface area contributed by atoms with Crippen LogP contribution in [0.25, 0.3) is 0 Å². The molecule has 2 atom stereocenters. The van der Waals surface area contributed by atoms with Gasteiger partial charge in [-0.1, -0.05) is 20.8 Å². The fraction of sp³-hybridized carbons (Fsp3) is 0.875. The summed E-state index contributed by atoms with van der Waals surface area (Å²) in [7, 11) is 0. The summed E-state index contributed by atoms with van der Waals surface area (Å²) >= 11 is 0. The second-order valence-electron chi connectivity index (χ2n) is 3.19. The Hall–Kier alpha value is -0.370. The van der Waals surface area contributed by atoms with Crippen molar-refractivity contribution in [1.82, 2.24) is 0 Å². The summed E-state index contributed by atoms with van der Waals surface area (Å²) in [4.78, 5) is 10.2. The summed E-state index contributed by atoms with van der Waals surface area (Å²) in [5.41, 5.74) is 0. The van der Waals surface area contributed by atoms with Gasteiger partial charge in [0.2, 0.25) is 0 Å². The first-order valence-corrected chi connectivity index (χ1v) is 3.71. The van der Waals surface area contributed by atoms with Gasteiger partial charge in [-0.25, -0.2) is 0 Å². The van der Waals surface area contributed by atoms with Crippen molar-refractivity contribution in [3.63, 3.8) is 0 Å². The Morgan fingerprint density at radius 3 is 2.20 bits per heavy atom. The average molecular weight is 144 g/mol. The van der Waals surface area contributed by atoms with Gasteiger partial charge in [0.25, 0.3) is 0 Å². The van der Waals surface area contributed by atoms with E-state index in [1.807, 2.05) is 13.8 Å². The highest BCUT2D eigenvalue weighted by molar-refractivity contribution is 5.53. The molecule has 0 spiro atoms. The monoisotopic (exact) mass is 144 g/mol. The summed E-state index contributed by atoms with van der Waals surface area (Å²) in [5, 5.41) is 9.26. The lowest BCUT2D eigenvalue weighted by atomic mass is 9.97. The molecule has 0 aliphatic rings. The third kappa shape index (κ3) is 3.62. The zero-order chi connectivity index (χ0) is 8.15. The first-order chi connectivity index (χ1) is 4.57. The lowest BCUT2D eigenvalue weighted by Gasteiger charge is -2.14. The normalized spacial score (nSPS) is 16.9. The molecule has 0 aromatic heterocycles. The SMILES string of the molecule is CC(C)CC(O)[C@H](C)C=O. The van der Waals surface area contributed by atoms with Gasteiger partial charge in [0.15, 0.2) is 0 Å². The van der Waals surface area contributed by atoms with E-state index < -0.39 is 6.10 Å². The molecule has 0 amide bonds. The van der Waals surface area contributed by atoms with Gasteiger partial charge in [-0.05, 0) is 12.3 Å². The molecule has 0 aliphatic carbocycles. The predicted molar refractivity (Wildman–Crippen MR) is 40.7 cm³/mol.